The largest absolute Gasteiger partial charge is 0.337 e. The average Bonchev–Trinajstić information content (AvgIpc) is 3.18. The quantitative estimate of drug-likeness (QED) is 0.582. The molecule has 0 saturated heterocycles. The average molecular weight is 414 g/mol. The minimum atomic E-state index is -0.674. The van der Waals surface area contributed by atoms with Crippen LogP contribution in [0.4, 0.5) is 8.78 Å². The highest BCUT2D eigenvalue weighted by Gasteiger charge is 2.19. The number of hydrogen-bond donors (Lipinski definition) is 0. The lowest BCUT2D eigenvalue weighted by Crippen LogP contribution is -2.36. The monoisotopic (exact) mass is 414 g/mol. The van der Waals surface area contributed by atoms with Crippen LogP contribution in [-0.4, -0.2) is 48.7 Å². The van der Waals surface area contributed by atoms with Gasteiger partial charge in [-0.1, -0.05) is 18.2 Å². The molecule has 1 amide bonds. The SMILES string of the molecule is CN(C)CCN(Cc1ccc(F)cc1F)C(=O)CCC(=O)c1ccc2c(c1)CCC2. The van der Waals surface area contributed by atoms with Crippen LogP contribution in [0.3, 0.4) is 0 Å². The van der Waals surface area contributed by atoms with E-state index in [9.17, 15) is 18.4 Å². The predicted molar refractivity (Wildman–Crippen MR) is 112 cm³/mol. The van der Waals surface area contributed by atoms with Crippen molar-refractivity contribution in [3.63, 3.8) is 0 Å². The van der Waals surface area contributed by atoms with Crippen molar-refractivity contribution in [1.29, 1.82) is 0 Å². The number of hydrogen-bond acceptors (Lipinski definition) is 3. The fourth-order valence-corrected chi connectivity index (χ4v) is 3.74. The highest BCUT2D eigenvalue weighted by molar-refractivity contribution is 5.98. The second-order valence-corrected chi connectivity index (χ2v) is 8.11. The Balaban J connectivity index is 1.64. The molecule has 1 aliphatic rings. The zero-order chi connectivity index (χ0) is 21.7. The zero-order valence-electron chi connectivity index (χ0n) is 17.6. The Kier molecular flexibility index (Phi) is 7.32. The van der Waals surface area contributed by atoms with E-state index >= 15 is 0 Å². The number of nitrogens with zero attached hydrogens (tertiary/aromatic N) is 2. The highest BCUT2D eigenvalue weighted by atomic mass is 19.1. The summed E-state index contributed by atoms with van der Waals surface area (Å²) in [6, 6.07) is 9.17. The molecule has 2 aromatic carbocycles. The molecule has 0 saturated carbocycles. The molecule has 0 aromatic heterocycles. The maximum atomic E-state index is 14.1. The number of rotatable bonds is 9. The van der Waals surface area contributed by atoms with E-state index in [4.69, 9.17) is 0 Å². The Bertz CT molecular complexity index is 927. The smallest absolute Gasteiger partial charge is 0.223 e. The number of carbonyl (C=O) groups is 2. The molecule has 0 heterocycles. The Morgan fingerprint density at radius 1 is 0.933 bits per heavy atom. The molecule has 0 bridgehead atoms. The Labute approximate surface area is 176 Å². The van der Waals surface area contributed by atoms with Gasteiger partial charge in [-0.2, -0.15) is 0 Å². The molecule has 0 radical (unpaired) electrons. The molecule has 160 valence electrons. The van der Waals surface area contributed by atoms with Crippen LogP contribution in [0.1, 0.15) is 46.3 Å². The van der Waals surface area contributed by atoms with Crippen molar-refractivity contribution < 1.29 is 18.4 Å². The maximum absolute atomic E-state index is 14.1. The van der Waals surface area contributed by atoms with Crippen LogP contribution in [0.15, 0.2) is 36.4 Å². The van der Waals surface area contributed by atoms with Crippen LogP contribution in [0, 0.1) is 11.6 Å². The molecule has 2 aromatic rings. The van der Waals surface area contributed by atoms with Crippen LogP contribution in [0.5, 0.6) is 0 Å². The first-order valence-corrected chi connectivity index (χ1v) is 10.3. The summed E-state index contributed by atoms with van der Waals surface area (Å²) < 4.78 is 27.3. The van der Waals surface area contributed by atoms with Crippen LogP contribution in [0.2, 0.25) is 0 Å². The number of halogens is 2. The van der Waals surface area contributed by atoms with E-state index in [0.29, 0.717) is 18.7 Å². The van der Waals surface area contributed by atoms with E-state index < -0.39 is 11.6 Å². The first-order valence-electron chi connectivity index (χ1n) is 10.3. The number of ketones is 1. The van der Waals surface area contributed by atoms with Crippen molar-refractivity contribution in [3.8, 4) is 0 Å². The number of aryl methyl sites for hydroxylation is 2. The first-order chi connectivity index (χ1) is 14.3. The summed E-state index contributed by atoms with van der Waals surface area (Å²) in [5.41, 5.74) is 3.44. The normalized spacial score (nSPS) is 12.8. The van der Waals surface area contributed by atoms with Crippen LogP contribution < -0.4 is 0 Å². The van der Waals surface area contributed by atoms with E-state index in [1.54, 1.807) is 0 Å². The standard InChI is InChI=1S/C24H28F2N2O2/c1-27(2)12-13-28(16-20-8-9-21(25)15-22(20)26)24(30)11-10-23(29)19-7-6-17-4-3-5-18(17)14-19/h6-9,14-15H,3-5,10-13,16H2,1-2H3. The summed E-state index contributed by atoms with van der Waals surface area (Å²) in [6.07, 6.45) is 3.35. The van der Waals surface area contributed by atoms with E-state index in [0.717, 1.165) is 25.3 Å². The van der Waals surface area contributed by atoms with Crippen LogP contribution in [-0.2, 0) is 24.2 Å². The number of benzene rings is 2. The van der Waals surface area contributed by atoms with E-state index in [-0.39, 0.29) is 36.6 Å². The first kappa shape index (κ1) is 22.1. The Morgan fingerprint density at radius 3 is 2.43 bits per heavy atom. The van der Waals surface area contributed by atoms with Gasteiger partial charge in [0.1, 0.15) is 11.6 Å². The fourth-order valence-electron chi connectivity index (χ4n) is 3.74. The van der Waals surface area contributed by atoms with Gasteiger partial charge in [0.2, 0.25) is 5.91 Å². The number of carbonyl (C=O) groups excluding carboxylic acids is 2. The van der Waals surface area contributed by atoms with Gasteiger partial charge in [0.05, 0.1) is 0 Å². The third kappa shape index (κ3) is 5.72. The fraction of sp³-hybridized carbons (Fsp3) is 0.417. The lowest BCUT2D eigenvalue weighted by molar-refractivity contribution is -0.132. The van der Waals surface area contributed by atoms with E-state index in [1.807, 2.05) is 37.2 Å². The van der Waals surface area contributed by atoms with Crippen molar-refractivity contribution in [2.45, 2.75) is 38.6 Å². The van der Waals surface area contributed by atoms with E-state index in [1.165, 1.54) is 28.2 Å². The molecule has 30 heavy (non-hydrogen) atoms. The minimum absolute atomic E-state index is 0.0474. The molecule has 0 spiro atoms. The van der Waals surface area contributed by atoms with Gasteiger partial charge in [-0.25, -0.2) is 8.78 Å². The summed E-state index contributed by atoms with van der Waals surface area (Å²) >= 11 is 0. The predicted octanol–water partition coefficient (Wildman–Crippen LogP) is 4.01. The summed E-state index contributed by atoms with van der Waals surface area (Å²) in [6.45, 7) is 1.05. The third-order valence-electron chi connectivity index (χ3n) is 5.53. The lowest BCUT2D eigenvalue weighted by atomic mass is 10.0. The van der Waals surface area contributed by atoms with Gasteiger partial charge in [0, 0.05) is 49.7 Å². The van der Waals surface area contributed by atoms with Gasteiger partial charge < -0.3 is 9.80 Å². The number of fused-ring (bicyclic) bond motifs is 1. The van der Waals surface area contributed by atoms with Gasteiger partial charge in [0.15, 0.2) is 5.78 Å². The molecule has 6 heteroatoms. The zero-order valence-corrected chi connectivity index (χ0v) is 17.6. The molecule has 0 fully saturated rings. The molecule has 0 atom stereocenters. The summed E-state index contributed by atoms with van der Waals surface area (Å²) in [5.74, 6) is -1.59. The third-order valence-corrected chi connectivity index (χ3v) is 5.53. The molecule has 0 unspecified atom stereocenters. The van der Waals surface area contributed by atoms with Gasteiger partial charge in [-0.05, 0) is 56.6 Å². The number of amides is 1. The van der Waals surface area contributed by atoms with Gasteiger partial charge in [0.25, 0.3) is 0 Å². The summed E-state index contributed by atoms with van der Waals surface area (Å²) in [4.78, 5) is 28.9. The molecular weight excluding hydrogens is 386 g/mol. The van der Waals surface area contributed by atoms with Crippen molar-refractivity contribution in [3.05, 3.63) is 70.3 Å². The summed E-state index contributed by atoms with van der Waals surface area (Å²) in [5, 5.41) is 0. The lowest BCUT2D eigenvalue weighted by Gasteiger charge is -2.25. The molecular formula is C24H28F2N2O2. The Morgan fingerprint density at radius 2 is 1.70 bits per heavy atom. The maximum Gasteiger partial charge on any atom is 0.223 e. The Hall–Kier alpha value is -2.60. The number of likely N-dealkylation sites (N-methyl/N-ethyl adjacent to an activating group) is 1. The van der Waals surface area contributed by atoms with Crippen LogP contribution in [0.25, 0.3) is 0 Å². The molecule has 0 N–H and O–H groups in total. The topological polar surface area (TPSA) is 40.6 Å². The molecule has 1 aliphatic carbocycles. The van der Waals surface area contributed by atoms with Crippen molar-refractivity contribution in [1.82, 2.24) is 9.80 Å². The molecule has 0 aliphatic heterocycles. The van der Waals surface area contributed by atoms with Gasteiger partial charge >= 0.3 is 0 Å². The minimum Gasteiger partial charge on any atom is -0.337 e. The van der Waals surface area contributed by atoms with E-state index in [2.05, 4.69) is 0 Å². The van der Waals surface area contributed by atoms with Crippen molar-refractivity contribution in [2.75, 3.05) is 27.2 Å². The van der Waals surface area contributed by atoms with Gasteiger partial charge in [-0.15, -0.1) is 0 Å². The molecule has 3 rings (SSSR count). The van der Waals surface area contributed by atoms with Crippen molar-refractivity contribution in [2.24, 2.45) is 0 Å². The second-order valence-electron chi connectivity index (χ2n) is 8.11. The molecule has 4 nitrogen and oxygen atoms in total. The summed E-state index contributed by atoms with van der Waals surface area (Å²) in [7, 11) is 3.77. The second kappa shape index (κ2) is 9.94. The number of Topliss-reactive ketones (excluding diaryl/α,β-unsaturated/α-hetero) is 1. The van der Waals surface area contributed by atoms with Gasteiger partial charge in [-0.3, -0.25) is 9.59 Å². The highest BCUT2D eigenvalue weighted by Crippen LogP contribution is 2.23. The van der Waals surface area contributed by atoms with Crippen LogP contribution >= 0.6 is 0 Å². The van der Waals surface area contributed by atoms with Crippen molar-refractivity contribution >= 4 is 11.7 Å².